The zero-order valence-electron chi connectivity index (χ0n) is 13.9. The summed E-state index contributed by atoms with van der Waals surface area (Å²) < 4.78 is 100. The van der Waals surface area contributed by atoms with Crippen molar-refractivity contribution in [1.82, 2.24) is 9.97 Å². The van der Waals surface area contributed by atoms with E-state index in [1.807, 2.05) is 0 Å². The van der Waals surface area contributed by atoms with Crippen molar-refractivity contribution in [3.63, 3.8) is 0 Å². The summed E-state index contributed by atoms with van der Waals surface area (Å²) in [6, 6.07) is 1.37. The first-order valence-corrected chi connectivity index (χ1v) is 7.58. The molecule has 1 aromatic heterocycles. The second kappa shape index (κ2) is 8.06. The van der Waals surface area contributed by atoms with Gasteiger partial charge in [-0.05, 0) is 24.6 Å². The molecule has 154 valence electrons. The second-order valence-electron chi connectivity index (χ2n) is 5.72. The van der Waals surface area contributed by atoms with Crippen LogP contribution in [0.4, 0.5) is 30.7 Å². The first-order chi connectivity index (χ1) is 13.1. The van der Waals surface area contributed by atoms with Gasteiger partial charge in [0.1, 0.15) is 22.9 Å². The predicted octanol–water partition coefficient (Wildman–Crippen LogP) is 5.91. The Morgan fingerprint density at radius 3 is 1.76 bits per heavy atom. The molecule has 10 heteroatoms. The summed E-state index contributed by atoms with van der Waals surface area (Å²) in [6.45, 7) is 1.67. The van der Waals surface area contributed by atoms with Gasteiger partial charge in [0, 0.05) is 30.1 Å². The van der Waals surface area contributed by atoms with E-state index in [9.17, 15) is 30.7 Å². The number of rotatable bonds is 4. The molecule has 1 heterocycles. The van der Waals surface area contributed by atoms with E-state index in [2.05, 4.69) is 14.7 Å². The number of aryl methyl sites for hydroxylation is 1. The van der Waals surface area contributed by atoms with Crippen molar-refractivity contribution >= 4 is 0 Å². The van der Waals surface area contributed by atoms with Gasteiger partial charge in [0.2, 0.25) is 0 Å². The van der Waals surface area contributed by atoms with Crippen LogP contribution in [0, 0.1) is 36.0 Å². The third-order valence-corrected chi connectivity index (χ3v) is 3.58. The average Bonchev–Trinajstić information content (AvgIpc) is 2.59. The smallest absolute Gasteiger partial charge is 0.429 e. The molecule has 0 saturated carbocycles. The summed E-state index contributed by atoms with van der Waals surface area (Å²) in [5.41, 5.74) is -1.35. The first kappa shape index (κ1) is 22.1. The number of halogens is 7. The summed E-state index contributed by atoms with van der Waals surface area (Å²) in [4.78, 5) is 7.67. The van der Waals surface area contributed by atoms with E-state index in [0.717, 1.165) is 0 Å². The normalized spacial score (nSPS) is 11.2. The molecule has 0 atom stereocenters. The Kier molecular flexibility index (Phi) is 6.15. The fourth-order valence-corrected chi connectivity index (χ4v) is 2.31. The Morgan fingerprint density at radius 1 is 0.793 bits per heavy atom. The summed E-state index contributed by atoms with van der Waals surface area (Å²) >= 11 is 0. The molecule has 0 N–H and O–H groups in total. The van der Waals surface area contributed by atoms with E-state index in [0.29, 0.717) is 17.7 Å². The SMILES string of the molecule is C.Cc1cnc(-c2cc(F)c(C(F)(F)Oc3cc(F)c(F)c(F)c3)c(F)c2)nc1. The van der Waals surface area contributed by atoms with Crippen LogP contribution in [0.15, 0.2) is 36.7 Å². The molecule has 0 aliphatic rings. The number of aromatic nitrogens is 2. The maximum absolute atomic E-state index is 14.2. The lowest BCUT2D eigenvalue weighted by Gasteiger charge is -2.20. The zero-order chi connectivity index (χ0) is 20.6. The van der Waals surface area contributed by atoms with Crippen LogP contribution in [0.5, 0.6) is 5.75 Å². The highest BCUT2D eigenvalue weighted by Gasteiger charge is 2.41. The second-order valence-corrected chi connectivity index (χ2v) is 5.72. The molecule has 0 amide bonds. The highest BCUT2D eigenvalue weighted by molar-refractivity contribution is 5.56. The monoisotopic (exact) mass is 418 g/mol. The molecule has 0 aliphatic heterocycles. The van der Waals surface area contributed by atoms with Gasteiger partial charge in [-0.15, -0.1) is 0 Å². The molecular formula is C19H13F7N2O. The van der Waals surface area contributed by atoms with E-state index >= 15 is 0 Å². The molecule has 0 bridgehead atoms. The highest BCUT2D eigenvalue weighted by Crippen LogP contribution is 2.37. The van der Waals surface area contributed by atoms with Gasteiger partial charge in [0.15, 0.2) is 23.3 Å². The quantitative estimate of drug-likeness (QED) is 0.390. The lowest BCUT2D eigenvalue weighted by Crippen LogP contribution is -2.25. The van der Waals surface area contributed by atoms with Crippen LogP contribution in [-0.4, -0.2) is 9.97 Å². The van der Waals surface area contributed by atoms with Crippen molar-refractivity contribution in [3.8, 4) is 17.1 Å². The van der Waals surface area contributed by atoms with Gasteiger partial charge < -0.3 is 4.74 Å². The van der Waals surface area contributed by atoms with Gasteiger partial charge >= 0.3 is 6.11 Å². The maximum atomic E-state index is 14.2. The Morgan fingerprint density at radius 2 is 1.28 bits per heavy atom. The van der Waals surface area contributed by atoms with Crippen LogP contribution >= 0.6 is 0 Å². The van der Waals surface area contributed by atoms with Crippen LogP contribution in [0.1, 0.15) is 18.6 Å². The van der Waals surface area contributed by atoms with Gasteiger partial charge in [0.05, 0.1) is 0 Å². The summed E-state index contributed by atoms with van der Waals surface area (Å²) in [5.74, 6) is -10.2. The molecule has 0 saturated heterocycles. The fraction of sp³-hybridized carbons (Fsp3) is 0.158. The van der Waals surface area contributed by atoms with Crippen LogP contribution in [0.3, 0.4) is 0 Å². The molecular weight excluding hydrogens is 405 g/mol. The van der Waals surface area contributed by atoms with E-state index in [-0.39, 0.29) is 30.9 Å². The minimum atomic E-state index is -4.66. The molecule has 0 aliphatic carbocycles. The predicted molar refractivity (Wildman–Crippen MR) is 89.7 cm³/mol. The number of benzene rings is 2. The molecule has 0 spiro atoms. The lowest BCUT2D eigenvalue weighted by atomic mass is 10.1. The summed E-state index contributed by atoms with van der Waals surface area (Å²) in [5, 5.41) is 0. The molecule has 3 nitrogen and oxygen atoms in total. The highest BCUT2D eigenvalue weighted by atomic mass is 19.3. The van der Waals surface area contributed by atoms with Crippen molar-refractivity contribution in [3.05, 3.63) is 76.9 Å². The topological polar surface area (TPSA) is 35.0 Å². The number of nitrogens with zero attached hydrogens (tertiary/aromatic N) is 2. The Bertz CT molecular complexity index is 993. The lowest BCUT2D eigenvalue weighted by molar-refractivity contribution is -0.189. The van der Waals surface area contributed by atoms with Crippen molar-refractivity contribution in [2.45, 2.75) is 20.5 Å². The van der Waals surface area contributed by atoms with Crippen LogP contribution < -0.4 is 4.74 Å². The molecule has 2 aromatic carbocycles. The minimum Gasteiger partial charge on any atom is -0.429 e. The molecule has 0 fully saturated rings. The molecule has 29 heavy (non-hydrogen) atoms. The number of hydrogen-bond donors (Lipinski definition) is 0. The van der Waals surface area contributed by atoms with Crippen molar-refractivity contribution in [1.29, 1.82) is 0 Å². The standard InChI is InChI=1S/C18H9F7N2O.CH4/c1-8-6-26-17(27-7-8)9-2-11(19)15(12(20)3-9)18(24,25)28-10-4-13(21)16(23)14(22)5-10;/h2-7H,1H3;1H4. The van der Waals surface area contributed by atoms with E-state index < -0.39 is 46.5 Å². The minimum absolute atomic E-state index is 0. The van der Waals surface area contributed by atoms with Gasteiger partial charge in [0.25, 0.3) is 0 Å². The third kappa shape index (κ3) is 4.47. The van der Waals surface area contributed by atoms with Gasteiger partial charge in [-0.1, -0.05) is 7.43 Å². The average molecular weight is 418 g/mol. The third-order valence-electron chi connectivity index (χ3n) is 3.58. The van der Waals surface area contributed by atoms with Crippen LogP contribution in [0.2, 0.25) is 0 Å². The fourth-order valence-electron chi connectivity index (χ4n) is 2.31. The van der Waals surface area contributed by atoms with E-state index in [4.69, 9.17) is 0 Å². The van der Waals surface area contributed by atoms with E-state index in [1.54, 1.807) is 6.92 Å². The molecule has 3 rings (SSSR count). The Labute approximate surface area is 160 Å². The zero-order valence-corrected chi connectivity index (χ0v) is 13.9. The molecule has 3 aromatic rings. The molecule has 0 unspecified atom stereocenters. The summed E-state index contributed by atoms with van der Waals surface area (Å²) in [6.07, 6.45) is -1.93. The number of ether oxygens (including phenoxy) is 1. The van der Waals surface area contributed by atoms with Crippen LogP contribution in [0.25, 0.3) is 11.4 Å². The number of hydrogen-bond acceptors (Lipinski definition) is 3. The van der Waals surface area contributed by atoms with Crippen molar-refractivity contribution in [2.24, 2.45) is 0 Å². The Hall–Kier alpha value is -3.17. The van der Waals surface area contributed by atoms with Crippen molar-refractivity contribution < 1.29 is 35.5 Å². The van der Waals surface area contributed by atoms with Gasteiger partial charge in [-0.3, -0.25) is 0 Å². The first-order valence-electron chi connectivity index (χ1n) is 7.58. The van der Waals surface area contributed by atoms with Crippen LogP contribution in [-0.2, 0) is 6.11 Å². The van der Waals surface area contributed by atoms with Crippen molar-refractivity contribution in [2.75, 3.05) is 0 Å². The van der Waals surface area contributed by atoms with Gasteiger partial charge in [-0.25, -0.2) is 31.9 Å². The maximum Gasteiger partial charge on any atom is 0.432 e. The van der Waals surface area contributed by atoms with E-state index in [1.165, 1.54) is 12.4 Å². The summed E-state index contributed by atoms with van der Waals surface area (Å²) in [7, 11) is 0. The Balaban J connectivity index is 0.00000300. The van der Waals surface area contributed by atoms with Gasteiger partial charge in [-0.2, -0.15) is 8.78 Å². The largest absolute Gasteiger partial charge is 0.432 e. The number of alkyl halides is 2. The molecule has 0 radical (unpaired) electrons.